The van der Waals surface area contributed by atoms with Gasteiger partial charge in [0.25, 0.3) is 0 Å². The van der Waals surface area contributed by atoms with Crippen molar-refractivity contribution in [1.29, 1.82) is 0 Å². The molecule has 4 rings (SSSR count). The van der Waals surface area contributed by atoms with E-state index in [0.717, 1.165) is 34.4 Å². The smallest absolute Gasteiger partial charge is 0.227 e. The van der Waals surface area contributed by atoms with Gasteiger partial charge in [0, 0.05) is 50.2 Å². The molecule has 0 spiro atoms. The lowest BCUT2D eigenvalue weighted by atomic mass is 9.96. The number of benzene rings is 1. The molecule has 0 atom stereocenters. The van der Waals surface area contributed by atoms with Crippen molar-refractivity contribution >= 4 is 21.6 Å². The minimum Gasteiger partial charge on any atom is -0.315 e. The highest BCUT2D eigenvalue weighted by molar-refractivity contribution is 7.89. The minimum atomic E-state index is -3.12. The molecule has 1 aromatic carbocycles. The van der Waals surface area contributed by atoms with E-state index in [-0.39, 0.29) is 11.7 Å². The van der Waals surface area contributed by atoms with Crippen LogP contribution in [0.3, 0.4) is 0 Å². The fraction of sp³-hybridized carbons (Fsp3) is 0.368. The zero-order valence-corrected chi connectivity index (χ0v) is 15.5. The summed E-state index contributed by atoms with van der Waals surface area (Å²) in [4.78, 5) is 17.8. The van der Waals surface area contributed by atoms with Gasteiger partial charge in [-0.05, 0) is 47.7 Å². The molecule has 3 heterocycles. The molecule has 0 unspecified atom stereocenters. The number of carbonyl (C=O) groups is 1. The number of aromatic nitrogens is 1. The van der Waals surface area contributed by atoms with Crippen molar-refractivity contribution in [2.24, 2.45) is 0 Å². The standard InChI is InChI=1S/C19H21N3O3S/c1-21-18-5-3-15(10-16(18)4-6-19(21)23)17-9-14(11-20-12-17)13-22-7-2-8-26(22,24)25/h3,5,9-12H,2,4,6-8,13H2,1H3. The third-order valence-corrected chi connectivity index (χ3v) is 7.02. The van der Waals surface area contributed by atoms with E-state index >= 15 is 0 Å². The van der Waals surface area contributed by atoms with E-state index in [1.165, 1.54) is 4.31 Å². The van der Waals surface area contributed by atoms with Crippen molar-refractivity contribution in [3.8, 4) is 11.1 Å². The SMILES string of the molecule is CN1C(=O)CCc2cc(-c3cncc(CN4CCCS4(=O)=O)c3)ccc21. The maximum atomic E-state index is 12.0. The van der Waals surface area contributed by atoms with Crippen LogP contribution in [0.2, 0.25) is 0 Å². The van der Waals surface area contributed by atoms with Gasteiger partial charge in [0.05, 0.1) is 5.75 Å². The summed E-state index contributed by atoms with van der Waals surface area (Å²) in [7, 11) is -1.31. The Morgan fingerprint density at radius 2 is 1.96 bits per heavy atom. The molecule has 1 saturated heterocycles. The highest BCUT2D eigenvalue weighted by Gasteiger charge is 2.28. The van der Waals surface area contributed by atoms with Crippen molar-refractivity contribution in [2.45, 2.75) is 25.8 Å². The predicted molar refractivity (Wildman–Crippen MR) is 100 cm³/mol. The molecule has 2 aromatic rings. The molecule has 26 heavy (non-hydrogen) atoms. The first-order valence-corrected chi connectivity index (χ1v) is 10.4. The Kier molecular flexibility index (Phi) is 4.28. The third-order valence-electron chi connectivity index (χ3n) is 5.11. The molecular formula is C19H21N3O3S. The lowest BCUT2D eigenvalue weighted by Gasteiger charge is -2.26. The monoisotopic (exact) mass is 371 g/mol. The maximum Gasteiger partial charge on any atom is 0.227 e. The molecule has 6 nitrogen and oxygen atoms in total. The van der Waals surface area contributed by atoms with E-state index < -0.39 is 10.0 Å². The largest absolute Gasteiger partial charge is 0.315 e. The molecule has 136 valence electrons. The van der Waals surface area contributed by atoms with Crippen molar-refractivity contribution in [3.05, 3.63) is 47.8 Å². The van der Waals surface area contributed by atoms with Gasteiger partial charge in [-0.1, -0.05) is 6.07 Å². The molecule has 0 saturated carbocycles. The van der Waals surface area contributed by atoms with Crippen molar-refractivity contribution in [3.63, 3.8) is 0 Å². The van der Waals surface area contributed by atoms with E-state index in [1.807, 2.05) is 18.2 Å². The number of amides is 1. The second-order valence-corrected chi connectivity index (χ2v) is 8.97. The minimum absolute atomic E-state index is 0.140. The van der Waals surface area contributed by atoms with Crippen LogP contribution >= 0.6 is 0 Å². The molecule has 0 N–H and O–H groups in total. The van der Waals surface area contributed by atoms with Gasteiger partial charge in [0.15, 0.2) is 0 Å². The van der Waals surface area contributed by atoms with Crippen LogP contribution < -0.4 is 4.90 Å². The van der Waals surface area contributed by atoms with Gasteiger partial charge in [0.1, 0.15) is 0 Å². The fourth-order valence-electron chi connectivity index (χ4n) is 3.64. The maximum absolute atomic E-state index is 12.0. The van der Waals surface area contributed by atoms with Crippen LogP contribution in [0, 0.1) is 0 Å². The molecule has 7 heteroatoms. The molecule has 1 aromatic heterocycles. The molecule has 1 amide bonds. The van der Waals surface area contributed by atoms with Crippen LogP contribution in [0.25, 0.3) is 11.1 Å². The van der Waals surface area contributed by atoms with Crippen LogP contribution in [0.1, 0.15) is 24.0 Å². The van der Waals surface area contributed by atoms with Crippen molar-refractivity contribution in [1.82, 2.24) is 9.29 Å². The quantitative estimate of drug-likeness (QED) is 0.829. The molecule has 2 aliphatic heterocycles. The predicted octanol–water partition coefficient (Wildman–Crippen LogP) is 2.19. The first-order chi connectivity index (χ1) is 12.4. The van der Waals surface area contributed by atoms with Gasteiger partial charge in [-0.15, -0.1) is 0 Å². The summed E-state index contributed by atoms with van der Waals surface area (Å²) in [6, 6.07) is 8.06. The van der Waals surface area contributed by atoms with Gasteiger partial charge in [0.2, 0.25) is 15.9 Å². The van der Waals surface area contributed by atoms with Crippen LogP contribution in [-0.4, -0.2) is 43.0 Å². The molecule has 0 aliphatic carbocycles. The number of aryl methyl sites for hydroxylation is 1. The number of fused-ring (bicyclic) bond motifs is 1. The molecule has 1 fully saturated rings. The zero-order chi connectivity index (χ0) is 18.3. The summed E-state index contributed by atoms with van der Waals surface area (Å²) in [6.07, 6.45) is 5.47. The Hall–Kier alpha value is -2.25. The second kappa shape index (κ2) is 6.48. The number of sulfonamides is 1. The Morgan fingerprint density at radius 1 is 1.12 bits per heavy atom. The van der Waals surface area contributed by atoms with Gasteiger partial charge in [-0.2, -0.15) is 4.31 Å². The molecule has 0 radical (unpaired) electrons. The van der Waals surface area contributed by atoms with Gasteiger partial charge in [-0.3, -0.25) is 9.78 Å². The Bertz CT molecular complexity index is 972. The van der Waals surface area contributed by atoms with Crippen molar-refractivity contribution < 1.29 is 13.2 Å². The Labute approximate surface area is 153 Å². The van der Waals surface area contributed by atoms with Gasteiger partial charge < -0.3 is 4.90 Å². The number of hydrogen-bond donors (Lipinski definition) is 0. The van der Waals surface area contributed by atoms with Crippen molar-refractivity contribution in [2.75, 3.05) is 24.2 Å². The molecule has 0 bridgehead atoms. The highest BCUT2D eigenvalue weighted by Crippen LogP contribution is 2.31. The fourth-order valence-corrected chi connectivity index (χ4v) is 5.15. The van der Waals surface area contributed by atoms with E-state index in [2.05, 4.69) is 11.1 Å². The van der Waals surface area contributed by atoms with Crippen LogP contribution in [0.4, 0.5) is 5.69 Å². The number of rotatable bonds is 3. The molecular weight excluding hydrogens is 350 g/mol. The lowest BCUT2D eigenvalue weighted by Crippen LogP contribution is -2.30. The number of anilines is 1. The summed E-state index contributed by atoms with van der Waals surface area (Å²) in [5, 5.41) is 0. The second-order valence-electron chi connectivity index (χ2n) is 6.88. The number of pyridine rings is 1. The Morgan fingerprint density at radius 3 is 2.73 bits per heavy atom. The first-order valence-electron chi connectivity index (χ1n) is 8.76. The summed E-state index contributed by atoms with van der Waals surface area (Å²) in [6.45, 7) is 0.942. The summed E-state index contributed by atoms with van der Waals surface area (Å²) < 4.78 is 25.6. The summed E-state index contributed by atoms with van der Waals surface area (Å²) in [5.74, 6) is 0.373. The van der Waals surface area contributed by atoms with E-state index in [1.54, 1.807) is 24.3 Å². The van der Waals surface area contributed by atoms with E-state index in [4.69, 9.17) is 0 Å². The average molecular weight is 371 g/mol. The lowest BCUT2D eigenvalue weighted by molar-refractivity contribution is -0.118. The normalized spacial score (nSPS) is 19.6. The Balaban J connectivity index is 1.62. The van der Waals surface area contributed by atoms with Crippen LogP contribution in [0.15, 0.2) is 36.7 Å². The average Bonchev–Trinajstić information content (AvgIpc) is 2.96. The van der Waals surface area contributed by atoms with E-state index in [9.17, 15) is 13.2 Å². The summed E-state index contributed by atoms with van der Waals surface area (Å²) >= 11 is 0. The number of hydrogen-bond acceptors (Lipinski definition) is 4. The van der Waals surface area contributed by atoms with Gasteiger partial charge in [-0.25, -0.2) is 8.42 Å². The first kappa shape index (κ1) is 17.2. The summed E-state index contributed by atoms with van der Waals surface area (Å²) in [5.41, 5.74) is 4.99. The third kappa shape index (κ3) is 3.12. The zero-order valence-electron chi connectivity index (χ0n) is 14.7. The van der Waals surface area contributed by atoms with E-state index in [0.29, 0.717) is 25.9 Å². The number of nitrogens with zero attached hydrogens (tertiary/aromatic N) is 3. The van der Waals surface area contributed by atoms with Crippen LogP contribution in [0.5, 0.6) is 0 Å². The number of carbonyl (C=O) groups excluding carboxylic acids is 1. The topological polar surface area (TPSA) is 70.6 Å². The van der Waals surface area contributed by atoms with Crippen LogP contribution in [-0.2, 0) is 27.8 Å². The molecule has 2 aliphatic rings. The van der Waals surface area contributed by atoms with Gasteiger partial charge >= 0.3 is 0 Å². The highest BCUT2D eigenvalue weighted by atomic mass is 32.2.